The predicted molar refractivity (Wildman–Crippen MR) is 92.6 cm³/mol. The van der Waals surface area contributed by atoms with E-state index < -0.39 is 11.7 Å². The van der Waals surface area contributed by atoms with Crippen molar-refractivity contribution in [2.24, 2.45) is 0 Å². The first-order chi connectivity index (χ1) is 12.5. The monoisotopic (exact) mass is 375 g/mol. The molecule has 4 rings (SSSR count). The molecule has 0 aliphatic heterocycles. The molecule has 0 spiro atoms. The van der Waals surface area contributed by atoms with E-state index in [1.54, 1.807) is 12.3 Å². The largest absolute Gasteiger partial charge is 0.416 e. The minimum atomic E-state index is -4.35. The number of H-pyrrole nitrogens is 1. The number of alkyl halides is 3. The maximum Gasteiger partial charge on any atom is 0.416 e. The Hall–Kier alpha value is -2.74. The third-order valence-electron chi connectivity index (χ3n) is 3.84. The Labute approximate surface area is 150 Å². The Kier molecular flexibility index (Phi) is 4.20. The highest BCUT2D eigenvalue weighted by Gasteiger charge is 2.30. The highest BCUT2D eigenvalue weighted by molar-refractivity contribution is 7.98. The van der Waals surface area contributed by atoms with Gasteiger partial charge in [0, 0.05) is 22.9 Å². The SMILES string of the molecule is FC(F)(F)c1cccc(CSc2nnc(-c3c[nH]c4ccccc34)o2)c1. The molecule has 0 unspecified atom stereocenters. The number of fused-ring (bicyclic) bond motifs is 1. The Balaban J connectivity index is 1.51. The molecule has 0 saturated carbocycles. The third-order valence-corrected chi connectivity index (χ3v) is 4.73. The number of benzene rings is 2. The number of para-hydroxylation sites is 1. The molecule has 2 heterocycles. The summed E-state index contributed by atoms with van der Waals surface area (Å²) in [5, 5.41) is 9.29. The first kappa shape index (κ1) is 16.7. The fourth-order valence-electron chi connectivity index (χ4n) is 2.61. The van der Waals surface area contributed by atoms with Crippen LogP contribution in [0.15, 0.2) is 64.4 Å². The number of rotatable bonds is 4. The number of aromatic amines is 1. The van der Waals surface area contributed by atoms with E-state index in [1.807, 2.05) is 24.3 Å². The van der Waals surface area contributed by atoms with Crippen LogP contribution < -0.4 is 0 Å². The van der Waals surface area contributed by atoms with Crippen LogP contribution in [0, 0.1) is 0 Å². The molecular weight excluding hydrogens is 363 g/mol. The van der Waals surface area contributed by atoms with Crippen LogP contribution >= 0.6 is 11.8 Å². The number of hydrogen-bond donors (Lipinski definition) is 1. The van der Waals surface area contributed by atoms with Gasteiger partial charge in [-0.15, -0.1) is 10.2 Å². The van der Waals surface area contributed by atoms with Crippen LogP contribution in [0.5, 0.6) is 0 Å². The van der Waals surface area contributed by atoms with E-state index in [4.69, 9.17) is 4.42 Å². The van der Waals surface area contributed by atoms with E-state index in [-0.39, 0.29) is 0 Å². The highest BCUT2D eigenvalue weighted by Crippen LogP contribution is 2.32. The molecule has 2 aromatic heterocycles. The topological polar surface area (TPSA) is 54.7 Å². The summed E-state index contributed by atoms with van der Waals surface area (Å²) in [6.07, 6.45) is -2.56. The third kappa shape index (κ3) is 3.32. The number of thioether (sulfide) groups is 1. The molecule has 4 aromatic rings. The van der Waals surface area contributed by atoms with Crippen molar-refractivity contribution in [3.8, 4) is 11.5 Å². The van der Waals surface area contributed by atoms with Crippen molar-refractivity contribution in [1.29, 1.82) is 0 Å². The molecular formula is C18H12F3N3OS. The van der Waals surface area contributed by atoms with Gasteiger partial charge in [-0.05, 0) is 17.7 Å². The Bertz CT molecular complexity index is 1050. The van der Waals surface area contributed by atoms with Gasteiger partial charge < -0.3 is 9.40 Å². The summed E-state index contributed by atoms with van der Waals surface area (Å²) in [6.45, 7) is 0. The van der Waals surface area contributed by atoms with E-state index >= 15 is 0 Å². The first-order valence-electron chi connectivity index (χ1n) is 7.69. The fourth-order valence-corrected chi connectivity index (χ4v) is 3.31. The van der Waals surface area contributed by atoms with Crippen LogP contribution in [0.3, 0.4) is 0 Å². The zero-order chi connectivity index (χ0) is 18.1. The molecule has 0 amide bonds. The molecule has 2 aromatic carbocycles. The molecule has 0 atom stereocenters. The second kappa shape index (κ2) is 6.53. The summed E-state index contributed by atoms with van der Waals surface area (Å²) in [6, 6.07) is 12.9. The summed E-state index contributed by atoms with van der Waals surface area (Å²) in [5.74, 6) is 0.674. The van der Waals surface area contributed by atoms with Gasteiger partial charge in [-0.2, -0.15) is 13.2 Å². The molecule has 26 heavy (non-hydrogen) atoms. The molecule has 1 N–H and O–H groups in total. The molecule has 0 radical (unpaired) electrons. The van der Waals surface area contributed by atoms with Gasteiger partial charge in [0.05, 0.1) is 11.1 Å². The minimum absolute atomic E-state index is 0.305. The van der Waals surface area contributed by atoms with E-state index in [2.05, 4.69) is 15.2 Å². The molecule has 0 saturated heterocycles. The average Bonchev–Trinajstić information content (AvgIpc) is 3.26. The number of nitrogens with one attached hydrogen (secondary N) is 1. The van der Waals surface area contributed by atoms with Crippen molar-refractivity contribution >= 4 is 22.7 Å². The van der Waals surface area contributed by atoms with Crippen LogP contribution in [-0.2, 0) is 11.9 Å². The van der Waals surface area contributed by atoms with Crippen LogP contribution in [0.1, 0.15) is 11.1 Å². The molecule has 8 heteroatoms. The van der Waals surface area contributed by atoms with Crippen LogP contribution in [-0.4, -0.2) is 15.2 Å². The summed E-state index contributed by atoms with van der Waals surface area (Å²) in [7, 11) is 0. The van der Waals surface area contributed by atoms with Crippen molar-refractivity contribution in [3.05, 3.63) is 65.9 Å². The van der Waals surface area contributed by atoms with E-state index in [9.17, 15) is 13.2 Å². The summed E-state index contributed by atoms with van der Waals surface area (Å²) < 4.78 is 44.0. The Morgan fingerprint density at radius 2 is 1.88 bits per heavy atom. The number of halogens is 3. The zero-order valence-electron chi connectivity index (χ0n) is 13.2. The van der Waals surface area contributed by atoms with Gasteiger partial charge in [-0.1, -0.05) is 48.2 Å². The van der Waals surface area contributed by atoms with Gasteiger partial charge in [-0.25, -0.2) is 0 Å². The van der Waals surface area contributed by atoms with Crippen molar-refractivity contribution in [2.75, 3.05) is 0 Å². The van der Waals surface area contributed by atoms with Gasteiger partial charge >= 0.3 is 6.18 Å². The van der Waals surface area contributed by atoms with Crippen LogP contribution in [0.2, 0.25) is 0 Å². The lowest BCUT2D eigenvalue weighted by atomic mass is 10.1. The molecule has 0 aliphatic carbocycles. The normalized spacial score (nSPS) is 12.0. The Morgan fingerprint density at radius 3 is 2.73 bits per heavy atom. The van der Waals surface area contributed by atoms with Crippen molar-refractivity contribution in [2.45, 2.75) is 17.2 Å². The highest BCUT2D eigenvalue weighted by atomic mass is 32.2. The number of nitrogens with zero attached hydrogens (tertiary/aromatic N) is 2. The van der Waals surface area contributed by atoms with Gasteiger partial charge in [-0.3, -0.25) is 0 Å². The molecule has 0 fully saturated rings. The van der Waals surface area contributed by atoms with Crippen LogP contribution in [0.4, 0.5) is 13.2 Å². The van der Waals surface area contributed by atoms with E-state index in [0.29, 0.717) is 22.4 Å². The van der Waals surface area contributed by atoms with Crippen molar-refractivity contribution < 1.29 is 17.6 Å². The number of aromatic nitrogens is 3. The summed E-state index contributed by atoms with van der Waals surface area (Å²) in [5.41, 5.74) is 1.62. The number of hydrogen-bond acceptors (Lipinski definition) is 4. The summed E-state index contributed by atoms with van der Waals surface area (Å²) >= 11 is 1.20. The van der Waals surface area contributed by atoms with Gasteiger partial charge in [0.25, 0.3) is 11.1 Å². The second-order valence-electron chi connectivity index (χ2n) is 5.61. The van der Waals surface area contributed by atoms with Crippen LogP contribution in [0.25, 0.3) is 22.4 Å². The molecule has 4 nitrogen and oxygen atoms in total. The van der Waals surface area contributed by atoms with Crippen molar-refractivity contribution in [3.63, 3.8) is 0 Å². The van der Waals surface area contributed by atoms with Gasteiger partial charge in [0.2, 0.25) is 0 Å². The smallest absolute Gasteiger partial charge is 0.411 e. The quantitative estimate of drug-likeness (QED) is 0.477. The second-order valence-corrected chi connectivity index (χ2v) is 6.53. The lowest BCUT2D eigenvalue weighted by molar-refractivity contribution is -0.137. The average molecular weight is 375 g/mol. The zero-order valence-corrected chi connectivity index (χ0v) is 14.1. The molecule has 0 bridgehead atoms. The minimum Gasteiger partial charge on any atom is -0.411 e. The fraction of sp³-hybridized carbons (Fsp3) is 0.111. The first-order valence-corrected chi connectivity index (χ1v) is 8.68. The lowest BCUT2D eigenvalue weighted by Gasteiger charge is -2.07. The predicted octanol–water partition coefficient (Wildman–Crippen LogP) is 5.53. The molecule has 0 aliphatic rings. The standard InChI is InChI=1S/C18H12F3N3OS/c19-18(20,21)12-5-3-4-11(8-12)10-26-17-24-23-16(25-17)14-9-22-15-7-2-1-6-13(14)15/h1-9,22H,10H2. The van der Waals surface area contributed by atoms with E-state index in [1.165, 1.54) is 17.8 Å². The Morgan fingerprint density at radius 1 is 1.04 bits per heavy atom. The van der Waals surface area contributed by atoms with E-state index in [0.717, 1.165) is 28.6 Å². The van der Waals surface area contributed by atoms with Gasteiger partial charge in [0.15, 0.2) is 0 Å². The summed E-state index contributed by atoms with van der Waals surface area (Å²) in [4.78, 5) is 3.13. The maximum absolute atomic E-state index is 12.8. The lowest BCUT2D eigenvalue weighted by Crippen LogP contribution is -2.04. The van der Waals surface area contributed by atoms with Gasteiger partial charge in [0.1, 0.15) is 0 Å². The maximum atomic E-state index is 12.8. The van der Waals surface area contributed by atoms with Crippen molar-refractivity contribution in [1.82, 2.24) is 15.2 Å². The molecule has 132 valence electrons.